The minimum Gasteiger partial charge on any atom is -0.310 e. The number of nitrogens with one attached hydrogen (secondary N) is 1. The van der Waals surface area contributed by atoms with Gasteiger partial charge in [0.05, 0.1) is 0 Å². The number of benzene rings is 2. The Hall–Kier alpha value is -1.60. The third-order valence-corrected chi connectivity index (χ3v) is 3.98. The van der Waals surface area contributed by atoms with Crippen LogP contribution < -0.4 is 5.32 Å². The Kier molecular flexibility index (Phi) is 3.95. The van der Waals surface area contributed by atoms with Crippen LogP contribution in [0.5, 0.6) is 0 Å². The summed E-state index contributed by atoms with van der Waals surface area (Å²) in [5, 5.41) is 3.66. The van der Waals surface area contributed by atoms with Crippen LogP contribution in [-0.2, 0) is 0 Å². The normalized spacial score (nSPS) is 19.9. The molecule has 1 heteroatoms. The van der Waals surface area contributed by atoms with E-state index in [-0.39, 0.29) is 0 Å². The maximum atomic E-state index is 3.66. The second kappa shape index (κ2) is 6.03. The molecule has 1 aliphatic heterocycles. The van der Waals surface area contributed by atoms with E-state index < -0.39 is 0 Å². The summed E-state index contributed by atoms with van der Waals surface area (Å²) in [5.41, 5.74) is 4.03. The van der Waals surface area contributed by atoms with E-state index in [0.29, 0.717) is 6.04 Å². The van der Waals surface area contributed by atoms with Gasteiger partial charge < -0.3 is 5.32 Å². The van der Waals surface area contributed by atoms with Gasteiger partial charge in [0.1, 0.15) is 0 Å². The van der Waals surface area contributed by atoms with Crippen molar-refractivity contribution in [3.8, 4) is 11.1 Å². The van der Waals surface area contributed by atoms with Crippen LogP contribution in [0.4, 0.5) is 0 Å². The average molecular weight is 251 g/mol. The molecule has 1 nitrogen and oxygen atoms in total. The van der Waals surface area contributed by atoms with E-state index in [2.05, 4.69) is 59.9 Å². The van der Waals surface area contributed by atoms with Crippen LogP contribution >= 0.6 is 0 Å². The summed E-state index contributed by atoms with van der Waals surface area (Å²) in [7, 11) is 0. The molecule has 0 spiro atoms. The van der Waals surface area contributed by atoms with Crippen molar-refractivity contribution in [3.63, 3.8) is 0 Å². The third kappa shape index (κ3) is 3.05. The highest BCUT2D eigenvalue weighted by molar-refractivity contribution is 5.63. The van der Waals surface area contributed by atoms with E-state index in [0.717, 1.165) is 6.54 Å². The zero-order chi connectivity index (χ0) is 12.9. The topological polar surface area (TPSA) is 12.0 Å². The first-order chi connectivity index (χ1) is 9.43. The van der Waals surface area contributed by atoms with Gasteiger partial charge in [-0.2, -0.15) is 0 Å². The Labute approximate surface area is 115 Å². The first-order valence-electron chi connectivity index (χ1n) is 7.32. The van der Waals surface area contributed by atoms with Gasteiger partial charge in [-0.25, -0.2) is 0 Å². The largest absolute Gasteiger partial charge is 0.310 e. The standard InChI is InChI=1S/C18H21N/c1-3-7-15(8-4-1)16-10-12-17(13-11-16)18-9-5-2-6-14-19-18/h1,3-4,7-8,10-13,18-19H,2,5-6,9,14H2. The van der Waals surface area contributed by atoms with Crippen molar-refractivity contribution in [2.45, 2.75) is 31.7 Å². The van der Waals surface area contributed by atoms with Crippen molar-refractivity contribution in [1.82, 2.24) is 5.32 Å². The summed E-state index contributed by atoms with van der Waals surface area (Å²) in [6.45, 7) is 1.16. The summed E-state index contributed by atoms with van der Waals surface area (Å²) >= 11 is 0. The molecule has 2 aromatic carbocycles. The smallest absolute Gasteiger partial charge is 0.0320 e. The molecule has 0 aliphatic carbocycles. The second-order valence-electron chi connectivity index (χ2n) is 5.34. The molecule has 0 aromatic heterocycles. The minimum atomic E-state index is 0.548. The summed E-state index contributed by atoms with van der Waals surface area (Å²) < 4.78 is 0. The van der Waals surface area contributed by atoms with Gasteiger partial charge in [-0.05, 0) is 36.1 Å². The van der Waals surface area contributed by atoms with Crippen LogP contribution in [0.1, 0.15) is 37.3 Å². The van der Waals surface area contributed by atoms with Crippen LogP contribution in [0.2, 0.25) is 0 Å². The fraction of sp³-hybridized carbons (Fsp3) is 0.333. The summed E-state index contributed by atoms with van der Waals surface area (Å²) in [6.07, 6.45) is 5.30. The number of hydrogen-bond donors (Lipinski definition) is 1. The van der Waals surface area contributed by atoms with E-state index in [1.54, 1.807) is 0 Å². The lowest BCUT2D eigenvalue weighted by Gasteiger charge is -2.16. The quantitative estimate of drug-likeness (QED) is 0.825. The number of rotatable bonds is 2. The SMILES string of the molecule is c1ccc(-c2ccc(C3CCCCCN3)cc2)cc1. The van der Waals surface area contributed by atoms with Gasteiger partial charge in [0.2, 0.25) is 0 Å². The van der Waals surface area contributed by atoms with Crippen LogP contribution in [0, 0.1) is 0 Å². The molecule has 1 unspecified atom stereocenters. The average Bonchev–Trinajstić information content (AvgIpc) is 2.77. The highest BCUT2D eigenvalue weighted by Crippen LogP contribution is 2.25. The Morgan fingerprint density at radius 3 is 2.26 bits per heavy atom. The molecule has 0 saturated carbocycles. The van der Waals surface area contributed by atoms with Crippen LogP contribution in [-0.4, -0.2) is 6.54 Å². The molecular weight excluding hydrogens is 230 g/mol. The summed E-state index contributed by atoms with van der Waals surface area (Å²) in [5.74, 6) is 0. The van der Waals surface area contributed by atoms with E-state index in [9.17, 15) is 0 Å². The number of hydrogen-bond acceptors (Lipinski definition) is 1. The van der Waals surface area contributed by atoms with Crippen molar-refractivity contribution in [1.29, 1.82) is 0 Å². The van der Waals surface area contributed by atoms with Crippen molar-refractivity contribution in [3.05, 3.63) is 60.2 Å². The first kappa shape index (κ1) is 12.4. The lowest BCUT2D eigenvalue weighted by atomic mass is 9.98. The molecule has 98 valence electrons. The van der Waals surface area contributed by atoms with Crippen molar-refractivity contribution in [2.75, 3.05) is 6.54 Å². The highest BCUT2D eigenvalue weighted by Gasteiger charge is 2.13. The highest BCUT2D eigenvalue weighted by atomic mass is 14.9. The van der Waals surface area contributed by atoms with Gasteiger partial charge in [0, 0.05) is 6.04 Å². The third-order valence-electron chi connectivity index (χ3n) is 3.98. The fourth-order valence-corrected chi connectivity index (χ4v) is 2.85. The van der Waals surface area contributed by atoms with Gasteiger partial charge in [0.25, 0.3) is 0 Å². The molecule has 1 fully saturated rings. The molecule has 0 bridgehead atoms. The molecule has 0 radical (unpaired) electrons. The minimum absolute atomic E-state index is 0.548. The molecule has 1 atom stereocenters. The molecule has 19 heavy (non-hydrogen) atoms. The Morgan fingerprint density at radius 1 is 0.737 bits per heavy atom. The van der Waals surface area contributed by atoms with Gasteiger partial charge in [-0.3, -0.25) is 0 Å². The molecule has 1 heterocycles. The van der Waals surface area contributed by atoms with Gasteiger partial charge in [0.15, 0.2) is 0 Å². The zero-order valence-corrected chi connectivity index (χ0v) is 11.3. The Bertz CT molecular complexity index is 493. The predicted molar refractivity (Wildman–Crippen MR) is 81.1 cm³/mol. The second-order valence-corrected chi connectivity index (χ2v) is 5.34. The molecule has 1 aliphatic rings. The maximum absolute atomic E-state index is 3.66. The molecule has 2 aromatic rings. The van der Waals surface area contributed by atoms with E-state index in [1.807, 2.05) is 0 Å². The van der Waals surface area contributed by atoms with Crippen LogP contribution in [0.25, 0.3) is 11.1 Å². The molecule has 1 saturated heterocycles. The van der Waals surface area contributed by atoms with Crippen LogP contribution in [0.15, 0.2) is 54.6 Å². The summed E-state index contributed by atoms with van der Waals surface area (Å²) in [4.78, 5) is 0. The predicted octanol–water partition coefficient (Wildman–Crippen LogP) is 4.56. The first-order valence-corrected chi connectivity index (χ1v) is 7.32. The maximum Gasteiger partial charge on any atom is 0.0320 e. The van der Waals surface area contributed by atoms with E-state index >= 15 is 0 Å². The molecular formula is C18H21N. The van der Waals surface area contributed by atoms with Gasteiger partial charge in [-0.1, -0.05) is 67.4 Å². The van der Waals surface area contributed by atoms with Gasteiger partial charge >= 0.3 is 0 Å². The lowest BCUT2D eigenvalue weighted by molar-refractivity contribution is 0.535. The molecule has 0 amide bonds. The van der Waals surface area contributed by atoms with E-state index in [4.69, 9.17) is 0 Å². The van der Waals surface area contributed by atoms with Gasteiger partial charge in [-0.15, -0.1) is 0 Å². The summed E-state index contributed by atoms with van der Waals surface area (Å²) in [6, 6.07) is 20.2. The molecule has 1 N–H and O–H groups in total. The zero-order valence-electron chi connectivity index (χ0n) is 11.3. The monoisotopic (exact) mass is 251 g/mol. The van der Waals surface area contributed by atoms with Crippen LogP contribution in [0.3, 0.4) is 0 Å². The van der Waals surface area contributed by atoms with Crippen molar-refractivity contribution in [2.24, 2.45) is 0 Å². The Morgan fingerprint density at radius 2 is 1.47 bits per heavy atom. The lowest BCUT2D eigenvalue weighted by Crippen LogP contribution is -2.20. The fourth-order valence-electron chi connectivity index (χ4n) is 2.85. The Balaban J connectivity index is 1.78. The van der Waals surface area contributed by atoms with Crippen molar-refractivity contribution < 1.29 is 0 Å². The molecule has 3 rings (SSSR count). The van der Waals surface area contributed by atoms with Crippen molar-refractivity contribution >= 4 is 0 Å². The van der Waals surface area contributed by atoms with E-state index in [1.165, 1.54) is 42.4 Å².